The second-order valence-corrected chi connectivity index (χ2v) is 23.3. The van der Waals surface area contributed by atoms with E-state index in [0.29, 0.717) is 65.1 Å². The minimum absolute atomic E-state index is 0.199. The Morgan fingerprint density at radius 1 is 0.917 bits per heavy atom. The molecule has 4 aliphatic rings. The first-order valence-electron chi connectivity index (χ1n) is 25.0. The van der Waals surface area contributed by atoms with E-state index in [0.717, 1.165) is 117 Å². The first-order valence-corrected chi connectivity index (χ1v) is 28.4. The molecule has 5 aromatic rings. The molecule has 376 valence electrons. The summed E-state index contributed by atoms with van der Waals surface area (Å²) >= 11 is 3.60. The standard InChI is InChI=1S/C54H62BrN10O6P/c1-5-35-30-43(59-54-57-32-41(55)51(61-54)58-44-33-56-42-18-12-11-16-39(42)50(44)72(3,4)70)47(71-2)31-46(35)63-24-22-37(23-25-63)62-26-28-64(29-27-62)49(67)19-10-8-6-7-9-14-36-15-13-17-38-40(36)34-65(53(38)69)45-20-21-48(66)60-52(45)68/h11-13,15-18,30-33,37,45H,5-8,10,19-29,34H2,1-4H3,(H,60,66,68)(H2,57,58,59,61). The van der Waals surface area contributed by atoms with Crippen molar-refractivity contribution in [3.63, 3.8) is 0 Å². The second kappa shape index (κ2) is 22.2. The van der Waals surface area contributed by atoms with Crippen LogP contribution in [0.15, 0.2) is 71.5 Å². The number of imide groups is 1. The summed E-state index contributed by atoms with van der Waals surface area (Å²) in [6.45, 7) is 11.1. The van der Waals surface area contributed by atoms with Gasteiger partial charge in [0.15, 0.2) is 0 Å². The van der Waals surface area contributed by atoms with Crippen LogP contribution in [0.4, 0.5) is 28.8 Å². The zero-order chi connectivity index (χ0) is 50.5. The van der Waals surface area contributed by atoms with Crippen molar-refractivity contribution in [2.75, 3.05) is 75.2 Å². The quantitative estimate of drug-likeness (QED) is 0.0398. The highest BCUT2D eigenvalue weighted by molar-refractivity contribution is 9.10. The van der Waals surface area contributed by atoms with Gasteiger partial charge < -0.3 is 34.6 Å². The van der Waals surface area contributed by atoms with Crippen LogP contribution in [0.5, 0.6) is 5.75 Å². The molecule has 4 aliphatic heterocycles. The number of aryl methyl sites for hydroxylation is 1. The molecule has 1 unspecified atom stereocenters. The van der Waals surface area contributed by atoms with Gasteiger partial charge in [0.2, 0.25) is 23.7 Å². The maximum atomic E-state index is 13.6. The van der Waals surface area contributed by atoms with Crippen LogP contribution >= 0.6 is 23.1 Å². The minimum Gasteiger partial charge on any atom is -0.494 e. The Bertz CT molecular complexity index is 3010. The predicted octanol–water partition coefficient (Wildman–Crippen LogP) is 7.97. The molecule has 0 aliphatic carbocycles. The molecule has 0 spiro atoms. The number of rotatable bonds is 15. The number of ether oxygens (including phenoxy) is 1. The Hall–Kier alpha value is -6.34. The summed E-state index contributed by atoms with van der Waals surface area (Å²) < 4.78 is 20.2. The number of hydrogen-bond acceptors (Lipinski definition) is 13. The number of unbranched alkanes of at least 4 members (excludes halogenated alkanes) is 3. The number of nitrogens with one attached hydrogen (secondary N) is 3. The number of para-hydroxylation sites is 1. The van der Waals surface area contributed by atoms with Crippen molar-refractivity contribution in [2.24, 2.45) is 0 Å². The van der Waals surface area contributed by atoms with Crippen molar-refractivity contribution < 1.29 is 28.5 Å². The third-order valence-corrected chi connectivity index (χ3v) is 16.4. The van der Waals surface area contributed by atoms with E-state index in [9.17, 15) is 23.7 Å². The van der Waals surface area contributed by atoms with Crippen molar-refractivity contribution in [3.8, 4) is 17.6 Å². The second-order valence-electron chi connectivity index (χ2n) is 19.3. The van der Waals surface area contributed by atoms with Gasteiger partial charge in [-0.2, -0.15) is 4.98 Å². The lowest BCUT2D eigenvalue weighted by molar-refractivity contribution is -0.137. The van der Waals surface area contributed by atoms with E-state index in [1.165, 1.54) is 5.56 Å². The van der Waals surface area contributed by atoms with Crippen LogP contribution in [0.2, 0.25) is 0 Å². The number of nitrogens with zero attached hydrogens (tertiary/aromatic N) is 7. The van der Waals surface area contributed by atoms with Gasteiger partial charge in [-0.1, -0.05) is 49.5 Å². The van der Waals surface area contributed by atoms with Crippen molar-refractivity contribution in [3.05, 3.63) is 93.7 Å². The van der Waals surface area contributed by atoms with Crippen molar-refractivity contribution in [1.82, 2.24) is 35.0 Å². The van der Waals surface area contributed by atoms with Crippen LogP contribution in [0, 0.1) is 11.8 Å². The smallest absolute Gasteiger partial charge is 0.255 e. The zero-order valence-corrected chi connectivity index (χ0v) is 43.9. The van der Waals surface area contributed by atoms with E-state index >= 15 is 0 Å². The number of pyridine rings is 1. The monoisotopic (exact) mass is 1060 g/mol. The molecule has 0 bridgehead atoms. The molecule has 4 amide bonds. The number of benzene rings is 3. The third kappa shape index (κ3) is 11.2. The normalized spacial score (nSPS) is 17.7. The number of piperazine rings is 1. The Morgan fingerprint density at radius 2 is 1.71 bits per heavy atom. The summed E-state index contributed by atoms with van der Waals surface area (Å²) in [5, 5.41) is 10.7. The predicted molar refractivity (Wildman–Crippen MR) is 285 cm³/mol. The molecule has 0 saturated carbocycles. The SMILES string of the molecule is CCc1cc(Nc2ncc(Br)c(Nc3cnc4ccccc4c3P(C)(C)=O)n2)c(OC)cc1N1CCC(N2CCN(C(=O)CCCCCC#Cc3cccc4c3CN(C3CCC(=O)NC3=O)C4=O)CC2)CC1. The van der Waals surface area contributed by atoms with E-state index < -0.39 is 19.1 Å². The molecule has 16 nitrogen and oxygen atoms in total. The first-order chi connectivity index (χ1) is 34.8. The van der Waals surface area contributed by atoms with Gasteiger partial charge >= 0.3 is 0 Å². The van der Waals surface area contributed by atoms with Gasteiger partial charge in [-0.3, -0.25) is 34.4 Å². The van der Waals surface area contributed by atoms with Gasteiger partial charge in [0, 0.05) is 111 Å². The molecular weight excluding hydrogens is 996 g/mol. The fourth-order valence-corrected chi connectivity index (χ4v) is 12.3. The van der Waals surface area contributed by atoms with E-state index in [2.05, 4.69) is 82.5 Å². The van der Waals surface area contributed by atoms with E-state index in [1.54, 1.807) is 43.8 Å². The summed E-state index contributed by atoms with van der Waals surface area (Å²) in [6.07, 6.45) is 10.7. The minimum atomic E-state index is -2.72. The summed E-state index contributed by atoms with van der Waals surface area (Å²) in [5.74, 6) is 7.37. The van der Waals surface area contributed by atoms with Gasteiger partial charge in [-0.05, 0) is 103 Å². The Labute approximate surface area is 429 Å². The molecule has 3 aromatic carbocycles. The van der Waals surface area contributed by atoms with Gasteiger partial charge in [0.05, 0.1) is 34.7 Å². The average Bonchev–Trinajstić information content (AvgIpc) is 3.72. The van der Waals surface area contributed by atoms with E-state index in [-0.39, 0.29) is 24.1 Å². The molecule has 3 saturated heterocycles. The number of hydrogen-bond donors (Lipinski definition) is 3. The molecule has 1 atom stereocenters. The number of fused-ring (bicyclic) bond motifs is 2. The van der Waals surface area contributed by atoms with E-state index in [1.807, 2.05) is 41.3 Å². The molecule has 6 heterocycles. The first kappa shape index (κ1) is 50.6. The van der Waals surface area contributed by atoms with Crippen molar-refractivity contribution in [2.45, 2.75) is 89.8 Å². The topological polar surface area (TPSA) is 182 Å². The maximum absolute atomic E-state index is 13.6. The third-order valence-electron chi connectivity index (χ3n) is 14.3. The van der Waals surface area contributed by atoms with Crippen molar-refractivity contribution in [1.29, 1.82) is 0 Å². The summed E-state index contributed by atoms with van der Waals surface area (Å²) in [6, 6.07) is 17.3. The molecule has 9 rings (SSSR count). The van der Waals surface area contributed by atoms with Crippen LogP contribution in [0.25, 0.3) is 10.9 Å². The van der Waals surface area contributed by atoms with Gasteiger partial charge in [0.1, 0.15) is 24.8 Å². The number of methoxy groups -OCH3 is 1. The van der Waals surface area contributed by atoms with Gasteiger partial charge in [0.25, 0.3) is 5.91 Å². The molecular formula is C54H62BrN10O6P. The van der Waals surface area contributed by atoms with Crippen LogP contribution in [-0.4, -0.2) is 125 Å². The molecule has 2 aromatic heterocycles. The number of amides is 4. The maximum Gasteiger partial charge on any atom is 0.255 e. The lowest BCUT2D eigenvalue weighted by atomic mass is 9.99. The lowest BCUT2D eigenvalue weighted by Crippen LogP contribution is -2.54. The molecule has 0 radical (unpaired) electrons. The average molecular weight is 1060 g/mol. The fourth-order valence-electron chi connectivity index (χ4n) is 10.5. The molecule has 3 fully saturated rings. The van der Waals surface area contributed by atoms with Gasteiger partial charge in [-0.25, -0.2) is 4.98 Å². The Morgan fingerprint density at radius 3 is 2.46 bits per heavy atom. The number of aromatic nitrogens is 3. The summed E-state index contributed by atoms with van der Waals surface area (Å²) in [4.78, 5) is 73.1. The number of anilines is 5. The molecule has 18 heteroatoms. The number of halogens is 1. The van der Waals surface area contributed by atoms with Crippen LogP contribution in [0.3, 0.4) is 0 Å². The summed E-state index contributed by atoms with van der Waals surface area (Å²) in [7, 11) is -1.05. The highest BCUT2D eigenvalue weighted by Gasteiger charge is 2.40. The molecule has 3 N–H and O–H groups in total. The number of carbonyl (C=O) groups excluding carboxylic acids is 4. The van der Waals surface area contributed by atoms with Gasteiger partial charge in [-0.15, -0.1) is 0 Å². The fraction of sp³-hybridized carbons (Fsp3) is 0.426. The molecule has 72 heavy (non-hydrogen) atoms. The number of piperidine rings is 2. The van der Waals surface area contributed by atoms with Crippen LogP contribution < -0.4 is 30.9 Å². The Balaban J connectivity index is 0.725. The highest BCUT2D eigenvalue weighted by Crippen LogP contribution is 2.42. The largest absolute Gasteiger partial charge is 0.494 e. The highest BCUT2D eigenvalue weighted by atomic mass is 79.9. The van der Waals surface area contributed by atoms with Crippen LogP contribution in [0.1, 0.15) is 91.8 Å². The zero-order valence-electron chi connectivity index (χ0n) is 41.4. The number of carbonyl (C=O) groups is 4. The Kier molecular flexibility index (Phi) is 15.6. The van der Waals surface area contributed by atoms with Crippen LogP contribution in [-0.2, 0) is 31.9 Å². The van der Waals surface area contributed by atoms with Crippen molar-refractivity contribution >= 4 is 91.7 Å². The summed E-state index contributed by atoms with van der Waals surface area (Å²) in [5.41, 5.74) is 6.70. The lowest BCUT2D eigenvalue weighted by Gasteiger charge is -2.43. The van der Waals surface area contributed by atoms with E-state index in [4.69, 9.17) is 9.72 Å².